The van der Waals surface area contributed by atoms with Crippen LogP contribution in [0.25, 0.3) is 0 Å². The minimum absolute atomic E-state index is 0.389. The first kappa shape index (κ1) is 13.6. The molecule has 0 spiro atoms. The van der Waals surface area contributed by atoms with Gasteiger partial charge in [0.05, 0.1) is 6.04 Å². The van der Waals surface area contributed by atoms with E-state index in [0.717, 1.165) is 24.6 Å². The first-order valence-electron chi connectivity index (χ1n) is 6.15. The van der Waals surface area contributed by atoms with Gasteiger partial charge in [-0.15, -0.1) is 0 Å². The van der Waals surface area contributed by atoms with Crippen molar-refractivity contribution < 1.29 is 0 Å². The number of hydrogen-bond donors (Lipinski definition) is 1. The number of aryl methyl sites for hydroxylation is 1. The molecule has 0 fully saturated rings. The van der Waals surface area contributed by atoms with Gasteiger partial charge in [-0.25, -0.2) is 4.98 Å². The van der Waals surface area contributed by atoms with Crippen LogP contribution in [0.3, 0.4) is 0 Å². The van der Waals surface area contributed by atoms with Crippen molar-refractivity contribution in [2.24, 2.45) is 0 Å². The zero-order chi connectivity index (χ0) is 11.8. The van der Waals surface area contributed by atoms with E-state index >= 15 is 0 Å². The highest BCUT2D eigenvalue weighted by Gasteiger charge is 2.15. The maximum Gasteiger partial charge on any atom is 0.126 e. The summed E-state index contributed by atoms with van der Waals surface area (Å²) in [7, 11) is 0. The van der Waals surface area contributed by atoms with E-state index in [1.165, 1.54) is 12.2 Å². The summed E-state index contributed by atoms with van der Waals surface area (Å²) >= 11 is 1.97. The third-order valence-electron chi connectivity index (χ3n) is 2.53. The second-order valence-electron chi connectivity index (χ2n) is 3.74. The van der Waals surface area contributed by atoms with Gasteiger partial charge in [-0.2, -0.15) is 11.8 Å². The zero-order valence-corrected chi connectivity index (χ0v) is 11.4. The Labute approximate surface area is 103 Å². The average Bonchev–Trinajstić information content (AvgIpc) is 2.77. The van der Waals surface area contributed by atoms with Gasteiger partial charge in [0.15, 0.2) is 0 Å². The Bertz CT molecular complexity index is 278. The Balaban J connectivity index is 2.66. The summed E-state index contributed by atoms with van der Waals surface area (Å²) in [5.74, 6) is 3.45. The van der Waals surface area contributed by atoms with Crippen LogP contribution in [0.4, 0.5) is 0 Å². The van der Waals surface area contributed by atoms with Gasteiger partial charge >= 0.3 is 0 Å². The molecule has 0 aromatic carbocycles. The van der Waals surface area contributed by atoms with Gasteiger partial charge in [0.25, 0.3) is 0 Å². The Hall–Kier alpha value is -0.480. The van der Waals surface area contributed by atoms with E-state index in [-0.39, 0.29) is 0 Å². The van der Waals surface area contributed by atoms with Crippen molar-refractivity contribution in [1.82, 2.24) is 14.9 Å². The van der Waals surface area contributed by atoms with Crippen LogP contribution in [0.1, 0.15) is 39.1 Å². The van der Waals surface area contributed by atoms with Gasteiger partial charge < -0.3 is 9.88 Å². The zero-order valence-electron chi connectivity index (χ0n) is 10.6. The summed E-state index contributed by atoms with van der Waals surface area (Å²) in [5, 5.41) is 3.58. The maximum atomic E-state index is 4.48. The van der Waals surface area contributed by atoms with Crippen molar-refractivity contribution in [2.45, 2.75) is 39.8 Å². The van der Waals surface area contributed by atoms with E-state index in [4.69, 9.17) is 0 Å². The Kier molecular flexibility index (Phi) is 6.57. The Morgan fingerprint density at radius 1 is 1.44 bits per heavy atom. The molecule has 16 heavy (non-hydrogen) atoms. The summed E-state index contributed by atoms with van der Waals surface area (Å²) < 4.78 is 2.23. The van der Waals surface area contributed by atoms with E-state index < -0.39 is 0 Å². The molecule has 0 saturated heterocycles. The van der Waals surface area contributed by atoms with Crippen LogP contribution in [-0.2, 0) is 6.54 Å². The molecule has 1 atom stereocenters. The van der Waals surface area contributed by atoms with Crippen molar-refractivity contribution in [3.8, 4) is 0 Å². The standard InChI is InChI=1S/C12H23N3S/c1-4-7-13-11(10-16-6-3)12-14-8-9-15(12)5-2/h8-9,11,13H,4-7,10H2,1-3H3. The van der Waals surface area contributed by atoms with Gasteiger partial charge in [-0.3, -0.25) is 0 Å². The van der Waals surface area contributed by atoms with Crippen LogP contribution >= 0.6 is 11.8 Å². The number of nitrogens with one attached hydrogen (secondary N) is 1. The molecule has 0 bridgehead atoms. The van der Waals surface area contributed by atoms with Crippen LogP contribution < -0.4 is 5.32 Å². The minimum Gasteiger partial charge on any atom is -0.334 e. The molecule has 0 aliphatic heterocycles. The molecule has 1 aromatic heterocycles. The molecule has 92 valence electrons. The molecular weight excluding hydrogens is 218 g/mol. The van der Waals surface area contributed by atoms with Gasteiger partial charge in [-0.1, -0.05) is 13.8 Å². The fourth-order valence-electron chi connectivity index (χ4n) is 1.68. The molecule has 0 aliphatic carbocycles. The van der Waals surface area contributed by atoms with Gasteiger partial charge in [-0.05, 0) is 25.6 Å². The quantitative estimate of drug-likeness (QED) is 0.759. The van der Waals surface area contributed by atoms with E-state index in [9.17, 15) is 0 Å². The third-order valence-corrected chi connectivity index (χ3v) is 3.51. The highest BCUT2D eigenvalue weighted by molar-refractivity contribution is 7.99. The molecule has 1 heterocycles. The molecule has 1 N–H and O–H groups in total. The van der Waals surface area contributed by atoms with Crippen LogP contribution in [0.2, 0.25) is 0 Å². The fraction of sp³-hybridized carbons (Fsp3) is 0.750. The molecule has 3 nitrogen and oxygen atoms in total. The highest BCUT2D eigenvalue weighted by atomic mass is 32.2. The predicted octanol–water partition coefficient (Wildman–Crippen LogP) is 2.70. The summed E-state index contributed by atoms with van der Waals surface area (Å²) in [5.41, 5.74) is 0. The summed E-state index contributed by atoms with van der Waals surface area (Å²) in [4.78, 5) is 4.48. The lowest BCUT2D eigenvalue weighted by molar-refractivity contribution is 0.523. The predicted molar refractivity (Wildman–Crippen MR) is 71.9 cm³/mol. The van der Waals surface area contributed by atoms with Gasteiger partial charge in [0, 0.05) is 24.7 Å². The lowest BCUT2D eigenvalue weighted by Gasteiger charge is -2.18. The molecule has 1 rings (SSSR count). The molecule has 0 radical (unpaired) electrons. The normalized spacial score (nSPS) is 12.9. The molecule has 1 unspecified atom stereocenters. The molecular formula is C12H23N3S. The number of imidazole rings is 1. The van der Waals surface area contributed by atoms with Crippen LogP contribution in [0.15, 0.2) is 12.4 Å². The van der Waals surface area contributed by atoms with E-state index in [1.54, 1.807) is 0 Å². The average molecular weight is 241 g/mol. The molecule has 1 aromatic rings. The number of rotatable bonds is 8. The largest absolute Gasteiger partial charge is 0.334 e. The SMILES string of the molecule is CCCNC(CSCC)c1nccn1CC. The highest BCUT2D eigenvalue weighted by Crippen LogP contribution is 2.17. The summed E-state index contributed by atoms with van der Waals surface area (Å²) in [6.07, 6.45) is 5.13. The van der Waals surface area contributed by atoms with Crippen molar-refractivity contribution in [3.63, 3.8) is 0 Å². The monoisotopic (exact) mass is 241 g/mol. The fourth-order valence-corrected chi connectivity index (χ4v) is 2.42. The van der Waals surface area contributed by atoms with Crippen molar-refractivity contribution in [3.05, 3.63) is 18.2 Å². The van der Waals surface area contributed by atoms with Crippen LogP contribution in [-0.4, -0.2) is 27.6 Å². The van der Waals surface area contributed by atoms with Crippen LogP contribution in [0, 0.1) is 0 Å². The number of nitrogens with zero attached hydrogens (tertiary/aromatic N) is 2. The smallest absolute Gasteiger partial charge is 0.126 e. The van der Waals surface area contributed by atoms with Crippen molar-refractivity contribution >= 4 is 11.8 Å². The lowest BCUT2D eigenvalue weighted by Crippen LogP contribution is -2.27. The molecule has 0 aliphatic rings. The van der Waals surface area contributed by atoms with Gasteiger partial charge in [0.1, 0.15) is 5.82 Å². The lowest BCUT2D eigenvalue weighted by atomic mass is 10.3. The first-order valence-corrected chi connectivity index (χ1v) is 7.31. The van der Waals surface area contributed by atoms with Crippen molar-refractivity contribution in [2.75, 3.05) is 18.1 Å². The van der Waals surface area contributed by atoms with E-state index in [2.05, 4.69) is 41.8 Å². The number of hydrogen-bond acceptors (Lipinski definition) is 3. The second kappa shape index (κ2) is 7.74. The Morgan fingerprint density at radius 2 is 2.25 bits per heavy atom. The maximum absolute atomic E-state index is 4.48. The van der Waals surface area contributed by atoms with Crippen molar-refractivity contribution in [1.29, 1.82) is 0 Å². The molecule has 0 amide bonds. The molecule has 4 heteroatoms. The minimum atomic E-state index is 0.389. The summed E-state index contributed by atoms with van der Waals surface area (Å²) in [6, 6.07) is 0.389. The van der Waals surface area contributed by atoms with E-state index in [1.807, 2.05) is 18.0 Å². The Morgan fingerprint density at radius 3 is 2.88 bits per heavy atom. The van der Waals surface area contributed by atoms with E-state index in [0.29, 0.717) is 6.04 Å². The second-order valence-corrected chi connectivity index (χ2v) is 5.06. The number of aromatic nitrogens is 2. The topological polar surface area (TPSA) is 29.9 Å². The number of thioether (sulfide) groups is 1. The first-order chi connectivity index (χ1) is 7.83. The summed E-state index contributed by atoms with van der Waals surface area (Å²) in [6.45, 7) is 8.62. The van der Waals surface area contributed by atoms with Gasteiger partial charge in [0.2, 0.25) is 0 Å². The molecule has 0 saturated carbocycles. The third kappa shape index (κ3) is 3.83. The van der Waals surface area contributed by atoms with Crippen LogP contribution in [0.5, 0.6) is 0 Å².